The molecule has 0 fully saturated rings. The first-order valence-corrected chi connectivity index (χ1v) is 7.66. The Hall–Kier alpha value is -3.20. The predicted molar refractivity (Wildman–Crippen MR) is 91.8 cm³/mol. The summed E-state index contributed by atoms with van der Waals surface area (Å²) in [6.45, 7) is 5.87. The number of anilines is 1. The van der Waals surface area contributed by atoms with Crippen LogP contribution in [0.3, 0.4) is 0 Å². The van der Waals surface area contributed by atoms with Crippen LogP contribution in [0.15, 0.2) is 36.5 Å². The highest BCUT2D eigenvalue weighted by molar-refractivity contribution is 6.06. The van der Waals surface area contributed by atoms with E-state index in [0.29, 0.717) is 22.5 Å². The van der Waals surface area contributed by atoms with Crippen LogP contribution in [0.5, 0.6) is 0 Å². The Morgan fingerprint density at radius 3 is 2.83 bits per heavy atom. The Morgan fingerprint density at radius 1 is 1.33 bits per heavy atom. The molecule has 1 aromatic carbocycles. The maximum atomic E-state index is 12.6. The normalized spacial score (nSPS) is 10.8. The lowest BCUT2D eigenvalue weighted by Crippen LogP contribution is -2.14. The summed E-state index contributed by atoms with van der Waals surface area (Å²) in [6.07, 6.45) is 1.72. The molecule has 0 aliphatic carbocycles. The second kappa shape index (κ2) is 6.13. The molecule has 6 heteroatoms. The van der Waals surface area contributed by atoms with E-state index in [-0.39, 0.29) is 11.9 Å². The van der Waals surface area contributed by atoms with Gasteiger partial charge >= 0.3 is 0 Å². The molecule has 0 aliphatic heterocycles. The summed E-state index contributed by atoms with van der Waals surface area (Å²) in [4.78, 5) is 17.1. The van der Waals surface area contributed by atoms with Gasteiger partial charge < -0.3 is 5.32 Å². The van der Waals surface area contributed by atoms with Crippen molar-refractivity contribution in [3.63, 3.8) is 0 Å². The number of nitriles is 1. The average molecular weight is 319 g/mol. The van der Waals surface area contributed by atoms with E-state index in [0.717, 1.165) is 11.0 Å². The number of fused-ring (bicyclic) bond motifs is 1. The molecule has 6 nitrogen and oxygen atoms in total. The molecule has 0 aliphatic rings. The number of carbonyl (C=O) groups is 1. The minimum absolute atomic E-state index is 0.197. The first kappa shape index (κ1) is 15.7. The van der Waals surface area contributed by atoms with Gasteiger partial charge in [0.05, 0.1) is 29.1 Å². The fourth-order valence-electron chi connectivity index (χ4n) is 2.54. The van der Waals surface area contributed by atoms with Crippen LogP contribution in [0.1, 0.15) is 41.5 Å². The zero-order valence-electron chi connectivity index (χ0n) is 13.7. The van der Waals surface area contributed by atoms with Gasteiger partial charge in [0.15, 0.2) is 5.65 Å². The number of aryl methyl sites for hydroxylation is 1. The van der Waals surface area contributed by atoms with E-state index in [4.69, 9.17) is 5.26 Å². The van der Waals surface area contributed by atoms with Gasteiger partial charge in [0, 0.05) is 17.1 Å². The van der Waals surface area contributed by atoms with E-state index in [1.165, 1.54) is 0 Å². The summed E-state index contributed by atoms with van der Waals surface area (Å²) in [5.41, 5.74) is 2.98. The van der Waals surface area contributed by atoms with Crippen LogP contribution < -0.4 is 5.32 Å². The number of amides is 1. The van der Waals surface area contributed by atoms with Gasteiger partial charge in [-0.15, -0.1) is 0 Å². The molecule has 0 saturated carbocycles. The van der Waals surface area contributed by atoms with E-state index in [2.05, 4.69) is 21.5 Å². The molecule has 0 unspecified atom stereocenters. The first-order chi connectivity index (χ1) is 11.5. The van der Waals surface area contributed by atoms with Crippen LogP contribution >= 0.6 is 0 Å². The molecule has 0 radical (unpaired) electrons. The monoisotopic (exact) mass is 319 g/mol. The maximum Gasteiger partial charge on any atom is 0.257 e. The molecule has 3 aromatic rings. The Kier molecular flexibility index (Phi) is 4.00. The fraction of sp³-hybridized carbons (Fsp3) is 0.222. The number of hydrogen-bond donors (Lipinski definition) is 1. The number of rotatable bonds is 3. The van der Waals surface area contributed by atoms with Crippen molar-refractivity contribution in [2.75, 3.05) is 5.32 Å². The Bertz CT molecular complexity index is 965. The van der Waals surface area contributed by atoms with Crippen molar-refractivity contribution in [3.8, 4) is 6.07 Å². The summed E-state index contributed by atoms with van der Waals surface area (Å²) >= 11 is 0. The third kappa shape index (κ3) is 2.84. The van der Waals surface area contributed by atoms with Crippen LogP contribution in [-0.2, 0) is 0 Å². The largest absolute Gasteiger partial charge is 0.322 e. The molecule has 120 valence electrons. The lowest BCUT2D eigenvalue weighted by Gasteiger charge is -2.10. The zero-order valence-corrected chi connectivity index (χ0v) is 13.7. The lowest BCUT2D eigenvalue weighted by atomic mass is 10.1. The van der Waals surface area contributed by atoms with Gasteiger partial charge in [0.1, 0.15) is 0 Å². The van der Waals surface area contributed by atoms with Crippen LogP contribution in [0.2, 0.25) is 0 Å². The molecule has 1 N–H and O–H groups in total. The quantitative estimate of drug-likeness (QED) is 0.801. The molecular weight excluding hydrogens is 302 g/mol. The van der Waals surface area contributed by atoms with E-state index < -0.39 is 0 Å². The molecule has 0 bridgehead atoms. The number of nitrogens with one attached hydrogen (secondary N) is 1. The van der Waals surface area contributed by atoms with Gasteiger partial charge in [-0.3, -0.25) is 4.79 Å². The van der Waals surface area contributed by atoms with Crippen LogP contribution in [0, 0.1) is 18.3 Å². The third-order valence-electron chi connectivity index (χ3n) is 3.74. The smallest absolute Gasteiger partial charge is 0.257 e. The van der Waals surface area contributed by atoms with E-state index in [1.54, 1.807) is 43.5 Å². The average Bonchev–Trinajstić information content (AvgIpc) is 2.97. The Morgan fingerprint density at radius 2 is 2.12 bits per heavy atom. The second-order valence-electron chi connectivity index (χ2n) is 5.86. The SMILES string of the molecule is Cc1nc2c(cnn2C(C)C)cc1C(=O)Nc1cccc(C#N)c1. The van der Waals surface area contributed by atoms with Gasteiger partial charge in [0.25, 0.3) is 5.91 Å². The van der Waals surface area contributed by atoms with Crippen molar-refractivity contribution in [2.24, 2.45) is 0 Å². The van der Waals surface area contributed by atoms with Crippen LogP contribution in [0.4, 0.5) is 5.69 Å². The van der Waals surface area contributed by atoms with Crippen molar-refractivity contribution in [1.29, 1.82) is 5.26 Å². The maximum absolute atomic E-state index is 12.6. The highest BCUT2D eigenvalue weighted by Crippen LogP contribution is 2.20. The number of aromatic nitrogens is 3. The van der Waals surface area contributed by atoms with Crippen molar-refractivity contribution in [2.45, 2.75) is 26.8 Å². The van der Waals surface area contributed by atoms with Crippen molar-refractivity contribution in [3.05, 3.63) is 53.3 Å². The zero-order chi connectivity index (χ0) is 17.3. The van der Waals surface area contributed by atoms with E-state index in [1.807, 2.05) is 18.5 Å². The van der Waals surface area contributed by atoms with Crippen molar-refractivity contribution < 1.29 is 4.79 Å². The number of carbonyl (C=O) groups excluding carboxylic acids is 1. The number of hydrogen-bond acceptors (Lipinski definition) is 4. The Labute approximate surface area is 139 Å². The predicted octanol–water partition coefficient (Wildman–Crippen LogP) is 3.44. The summed E-state index contributed by atoms with van der Waals surface area (Å²) in [5.74, 6) is -0.255. The summed E-state index contributed by atoms with van der Waals surface area (Å²) in [7, 11) is 0. The lowest BCUT2D eigenvalue weighted by molar-refractivity contribution is 0.102. The molecule has 0 spiro atoms. The summed E-state index contributed by atoms with van der Waals surface area (Å²) in [6, 6.07) is 10.9. The molecule has 2 aromatic heterocycles. The van der Waals surface area contributed by atoms with Gasteiger partial charge in [-0.1, -0.05) is 6.07 Å². The van der Waals surface area contributed by atoms with Gasteiger partial charge in [0.2, 0.25) is 0 Å². The fourth-order valence-corrected chi connectivity index (χ4v) is 2.54. The minimum atomic E-state index is -0.255. The van der Waals surface area contributed by atoms with E-state index in [9.17, 15) is 4.79 Å². The number of nitrogens with zero attached hydrogens (tertiary/aromatic N) is 4. The van der Waals surface area contributed by atoms with Gasteiger partial charge in [-0.2, -0.15) is 10.4 Å². The van der Waals surface area contributed by atoms with Crippen LogP contribution in [-0.4, -0.2) is 20.7 Å². The second-order valence-corrected chi connectivity index (χ2v) is 5.86. The summed E-state index contributed by atoms with van der Waals surface area (Å²) < 4.78 is 1.83. The van der Waals surface area contributed by atoms with Crippen molar-refractivity contribution in [1.82, 2.24) is 14.8 Å². The molecule has 24 heavy (non-hydrogen) atoms. The topological polar surface area (TPSA) is 83.6 Å². The first-order valence-electron chi connectivity index (χ1n) is 7.66. The minimum Gasteiger partial charge on any atom is -0.322 e. The third-order valence-corrected chi connectivity index (χ3v) is 3.74. The standard InChI is InChI=1S/C18H17N5O/c1-11(2)23-17-14(10-20-23)8-16(12(3)21-17)18(24)22-15-6-4-5-13(7-15)9-19/h4-8,10-11H,1-3H3,(H,22,24). The highest BCUT2D eigenvalue weighted by Gasteiger charge is 2.15. The summed E-state index contributed by atoms with van der Waals surface area (Å²) in [5, 5.41) is 16.9. The number of benzene rings is 1. The molecule has 2 heterocycles. The Balaban J connectivity index is 1.95. The van der Waals surface area contributed by atoms with Gasteiger partial charge in [-0.05, 0) is 45.0 Å². The molecular formula is C18H17N5O. The number of pyridine rings is 1. The van der Waals surface area contributed by atoms with Crippen molar-refractivity contribution >= 4 is 22.6 Å². The highest BCUT2D eigenvalue weighted by atomic mass is 16.1. The molecule has 3 rings (SSSR count). The molecule has 0 saturated heterocycles. The molecule has 1 amide bonds. The van der Waals surface area contributed by atoms with E-state index >= 15 is 0 Å². The van der Waals surface area contributed by atoms with Gasteiger partial charge in [-0.25, -0.2) is 9.67 Å². The molecule has 0 atom stereocenters. The van der Waals surface area contributed by atoms with Crippen LogP contribution in [0.25, 0.3) is 11.0 Å².